The number of hydrogen-bond donors (Lipinski definition) is 0. The van der Waals surface area contributed by atoms with E-state index in [9.17, 15) is 14.4 Å². The Morgan fingerprint density at radius 2 is 1.56 bits per heavy atom. The van der Waals surface area contributed by atoms with Crippen molar-refractivity contribution >= 4 is 17.8 Å². The van der Waals surface area contributed by atoms with E-state index >= 15 is 0 Å². The maximum Gasteiger partial charge on any atom is 0.338 e. The highest BCUT2D eigenvalue weighted by atomic mass is 16.7. The summed E-state index contributed by atoms with van der Waals surface area (Å²) in [4.78, 5) is 39.7. The van der Waals surface area contributed by atoms with Gasteiger partial charge in [0.05, 0.1) is 5.41 Å². The molecule has 0 radical (unpaired) electrons. The van der Waals surface area contributed by atoms with Gasteiger partial charge in [-0.25, -0.2) is 4.79 Å². The molecular formula is C13H21NO4. The molecule has 0 aromatic carbocycles. The first-order valence-corrected chi connectivity index (χ1v) is 6.11. The van der Waals surface area contributed by atoms with Crippen molar-refractivity contribution in [2.75, 3.05) is 0 Å². The zero-order valence-electron chi connectivity index (χ0n) is 11.7. The number of amides is 2. The number of imide groups is 1. The molecule has 0 aliphatic carbocycles. The van der Waals surface area contributed by atoms with Gasteiger partial charge in [-0.05, 0) is 25.7 Å². The van der Waals surface area contributed by atoms with Gasteiger partial charge in [0.1, 0.15) is 0 Å². The zero-order chi connectivity index (χ0) is 14.1. The summed E-state index contributed by atoms with van der Waals surface area (Å²) in [6.45, 7) is 9.58. The van der Waals surface area contributed by atoms with Crippen LogP contribution >= 0.6 is 0 Å². The summed E-state index contributed by atoms with van der Waals surface area (Å²) in [7, 11) is 0. The summed E-state index contributed by atoms with van der Waals surface area (Å²) >= 11 is 0. The van der Waals surface area contributed by atoms with Crippen molar-refractivity contribution < 1.29 is 19.2 Å². The van der Waals surface area contributed by atoms with Crippen molar-refractivity contribution in [3.8, 4) is 0 Å². The lowest BCUT2D eigenvalue weighted by atomic mass is 9.76. The molecule has 0 bridgehead atoms. The fourth-order valence-corrected chi connectivity index (χ4v) is 2.26. The van der Waals surface area contributed by atoms with Crippen molar-refractivity contribution in [3.05, 3.63) is 0 Å². The molecule has 1 aliphatic rings. The first-order chi connectivity index (χ1) is 8.03. The summed E-state index contributed by atoms with van der Waals surface area (Å²) in [5.74, 6) is -1.43. The first-order valence-electron chi connectivity index (χ1n) is 6.11. The van der Waals surface area contributed by atoms with E-state index in [-0.39, 0.29) is 18.3 Å². The minimum absolute atomic E-state index is 0.0401. The average molecular weight is 255 g/mol. The van der Waals surface area contributed by atoms with Gasteiger partial charge in [-0.1, -0.05) is 20.8 Å². The Balaban J connectivity index is 2.70. The second-order valence-electron chi connectivity index (χ2n) is 6.58. The summed E-state index contributed by atoms with van der Waals surface area (Å²) in [6.07, 6.45) is 0.840. The molecule has 2 amide bonds. The van der Waals surface area contributed by atoms with Crippen LogP contribution in [-0.2, 0) is 19.2 Å². The highest BCUT2D eigenvalue weighted by Gasteiger charge is 2.39. The van der Waals surface area contributed by atoms with Gasteiger partial charge in [0.2, 0.25) is 0 Å². The lowest BCUT2D eigenvalue weighted by Crippen LogP contribution is -2.39. The highest BCUT2D eigenvalue weighted by Crippen LogP contribution is 2.34. The van der Waals surface area contributed by atoms with Crippen LogP contribution in [0.4, 0.5) is 0 Å². The molecule has 1 fully saturated rings. The molecule has 0 aromatic heterocycles. The largest absolute Gasteiger partial charge is 0.338 e. The molecule has 0 saturated carbocycles. The normalized spacial score (nSPS) is 17.3. The van der Waals surface area contributed by atoms with Crippen LogP contribution in [0.2, 0.25) is 0 Å². The second-order valence-corrected chi connectivity index (χ2v) is 6.58. The molecule has 18 heavy (non-hydrogen) atoms. The average Bonchev–Trinajstić information content (AvgIpc) is 2.45. The summed E-state index contributed by atoms with van der Waals surface area (Å²) in [6, 6.07) is 0. The Bertz CT molecular complexity index is 363. The van der Waals surface area contributed by atoms with Crippen molar-refractivity contribution in [3.63, 3.8) is 0 Å². The maximum absolute atomic E-state index is 12.0. The minimum atomic E-state index is -0.735. The van der Waals surface area contributed by atoms with Gasteiger partial charge in [0, 0.05) is 12.8 Å². The van der Waals surface area contributed by atoms with Crippen LogP contribution < -0.4 is 0 Å². The SMILES string of the molecule is CC(C)(C)CC(C)(C)C(=O)ON1C(=O)CCC1=O. The zero-order valence-corrected chi connectivity index (χ0v) is 11.7. The Morgan fingerprint density at radius 1 is 1.11 bits per heavy atom. The van der Waals surface area contributed by atoms with Gasteiger partial charge < -0.3 is 4.84 Å². The van der Waals surface area contributed by atoms with Gasteiger partial charge in [-0.2, -0.15) is 0 Å². The molecule has 102 valence electrons. The Hall–Kier alpha value is -1.39. The second kappa shape index (κ2) is 4.71. The van der Waals surface area contributed by atoms with Crippen molar-refractivity contribution in [2.45, 2.75) is 53.9 Å². The third-order valence-corrected chi connectivity index (χ3v) is 2.70. The van der Waals surface area contributed by atoms with Gasteiger partial charge >= 0.3 is 5.97 Å². The van der Waals surface area contributed by atoms with Crippen LogP contribution in [0, 0.1) is 10.8 Å². The lowest BCUT2D eigenvalue weighted by Gasteiger charge is -2.30. The molecule has 0 N–H and O–H groups in total. The van der Waals surface area contributed by atoms with Crippen molar-refractivity contribution in [1.82, 2.24) is 5.06 Å². The smallest absolute Gasteiger partial charge is 0.330 e. The van der Waals surface area contributed by atoms with E-state index in [1.54, 1.807) is 13.8 Å². The summed E-state index contributed by atoms with van der Waals surface area (Å²) in [5, 5.41) is 0.604. The molecule has 1 saturated heterocycles. The molecule has 0 aromatic rings. The predicted octanol–water partition coefficient (Wildman–Crippen LogP) is 2.06. The molecule has 0 atom stereocenters. The van der Waals surface area contributed by atoms with Crippen LogP contribution in [0.15, 0.2) is 0 Å². The van der Waals surface area contributed by atoms with Gasteiger partial charge in [0.25, 0.3) is 11.8 Å². The predicted molar refractivity (Wildman–Crippen MR) is 65.0 cm³/mol. The summed E-state index contributed by atoms with van der Waals surface area (Å²) < 4.78 is 0. The minimum Gasteiger partial charge on any atom is -0.330 e. The molecule has 5 heteroatoms. The van der Waals surface area contributed by atoms with Crippen LogP contribution in [-0.4, -0.2) is 22.8 Å². The van der Waals surface area contributed by atoms with Gasteiger partial charge in [-0.3, -0.25) is 9.59 Å². The number of hydrogen-bond acceptors (Lipinski definition) is 4. The maximum atomic E-state index is 12.0. The molecule has 0 unspecified atom stereocenters. The van der Waals surface area contributed by atoms with Gasteiger partial charge in [-0.15, -0.1) is 5.06 Å². The van der Waals surface area contributed by atoms with E-state index in [1.165, 1.54) is 0 Å². The lowest BCUT2D eigenvalue weighted by molar-refractivity contribution is -0.205. The first kappa shape index (κ1) is 14.7. The number of carbonyl (C=O) groups is 3. The van der Waals surface area contributed by atoms with Crippen LogP contribution in [0.5, 0.6) is 0 Å². The number of hydroxylamine groups is 2. The number of rotatable bonds is 3. The quantitative estimate of drug-likeness (QED) is 0.724. The molecule has 1 aliphatic heterocycles. The standard InChI is InChI=1S/C13H21NO4/c1-12(2,3)8-13(4,5)11(17)18-14-9(15)6-7-10(14)16/h6-8H2,1-5H3. The van der Waals surface area contributed by atoms with Gasteiger partial charge in [0.15, 0.2) is 0 Å². The fraction of sp³-hybridized carbons (Fsp3) is 0.769. The Kier molecular flexibility index (Phi) is 3.84. The highest BCUT2D eigenvalue weighted by molar-refractivity contribution is 6.01. The van der Waals surface area contributed by atoms with Crippen LogP contribution in [0.3, 0.4) is 0 Å². The van der Waals surface area contributed by atoms with Crippen LogP contribution in [0.1, 0.15) is 53.9 Å². The molecule has 5 nitrogen and oxygen atoms in total. The Morgan fingerprint density at radius 3 is 1.94 bits per heavy atom. The third-order valence-electron chi connectivity index (χ3n) is 2.70. The van der Waals surface area contributed by atoms with E-state index in [4.69, 9.17) is 4.84 Å². The van der Waals surface area contributed by atoms with E-state index in [0.29, 0.717) is 11.5 Å². The molecule has 1 rings (SSSR count). The monoisotopic (exact) mass is 255 g/mol. The molecular weight excluding hydrogens is 234 g/mol. The molecule has 1 heterocycles. The van der Waals surface area contributed by atoms with Crippen LogP contribution in [0.25, 0.3) is 0 Å². The van der Waals surface area contributed by atoms with E-state index in [2.05, 4.69) is 0 Å². The van der Waals surface area contributed by atoms with E-state index < -0.39 is 23.2 Å². The Labute approximate surface area is 107 Å². The summed E-state index contributed by atoms with van der Waals surface area (Å²) in [5.41, 5.74) is -0.775. The number of carbonyl (C=O) groups excluding carboxylic acids is 3. The number of nitrogens with zero attached hydrogens (tertiary/aromatic N) is 1. The van der Waals surface area contributed by atoms with Crippen molar-refractivity contribution in [1.29, 1.82) is 0 Å². The topological polar surface area (TPSA) is 63.7 Å². The van der Waals surface area contributed by atoms with E-state index in [1.807, 2.05) is 20.8 Å². The van der Waals surface area contributed by atoms with Crippen molar-refractivity contribution in [2.24, 2.45) is 10.8 Å². The molecule has 0 spiro atoms. The van der Waals surface area contributed by atoms with E-state index in [0.717, 1.165) is 0 Å². The third kappa shape index (κ3) is 3.55. The fourth-order valence-electron chi connectivity index (χ4n) is 2.26.